The zero-order valence-corrected chi connectivity index (χ0v) is 21.2. The Labute approximate surface area is 217 Å². The maximum absolute atomic E-state index is 13.1. The molecule has 0 heterocycles. The molecule has 0 bridgehead atoms. The van der Waals surface area contributed by atoms with Crippen molar-refractivity contribution in [2.75, 3.05) is 7.11 Å². The number of rotatable bonds is 9. The highest BCUT2D eigenvalue weighted by Crippen LogP contribution is 2.31. The van der Waals surface area contributed by atoms with Crippen LogP contribution in [0.2, 0.25) is 0 Å². The molecule has 0 radical (unpaired) electrons. The largest absolute Gasteiger partial charge is 0.493 e. The van der Waals surface area contributed by atoms with Gasteiger partial charge in [-0.15, -0.1) is 0 Å². The van der Waals surface area contributed by atoms with Crippen LogP contribution in [0.15, 0.2) is 97.1 Å². The molecule has 0 unspecified atom stereocenters. The van der Waals surface area contributed by atoms with E-state index in [1.807, 2.05) is 68.4 Å². The van der Waals surface area contributed by atoms with Gasteiger partial charge >= 0.3 is 0 Å². The summed E-state index contributed by atoms with van der Waals surface area (Å²) in [4.78, 5) is 26.1. The lowest BCUT2D eigenvalue weighted by Gasteiger charge is -2.22. The minimum atomic E-state index is -0.806. The Morgan fingerprint density at radius 2 is 1.24 bits per heavy atom. The van der Waals surface area contributed by atoms with E-state index in [4.69, 9.17) is 9.47 Å². The van der Waals surface area contributed by atoms with Gasteiger partial charge < -0.3 is 20.1 Å². The molecule has 2 amide bonds. The number of ether oxygens (including phenoxy) is 2. The molecule has 2 N–H and O–H groups in total. The van der Waals surface area contributed by atoms with E-state index in [-0.39, 0.29) is 11.8 Å². The van der Waals surface area contributed by atoms with Crippen molar-refractivity contribution in [2.45, 2.75) is 26.6 Å². The Kier molecular flexibility index (Phi) is 8.21. The number of carbonyl (C=O) groups excluding carboxylic acids is 2. The van der Waals surface area contributed by atoms with E-state index in [1.54, 1.807) is 49.6 Å². The number of carbonyl (C=O) groups is 2. The standard InChI is InChI=1S/C31H30N2O4/c1-21-9-13-24(14-10-21)30(34)32-29(33-31(35)25-15-11-22(2)12-16-25)26-17-18-27(28(19-26)36-3)37-20-23-7-5-4-6-8-23/h4-19,29H,20H2,1-3H3,(H,32,34)(H,33,35). The third-order valence-electron chi connectivity index (χ3n) is 5.94. The van der Waals surface area contributed by atoms with Crippen LogP contribution < -0.4 is 20.1 Å². The first-order valence-corrected chi connectivity index (χ1v) is 12.0. The van der Waals surface area contributed by atoms with Gasteiger partial charge in [-0.3, -0.25) is 9.59 Å². The molecule has 37 heavy (non-hydrogen) atoms. The number of amides is 2. The molecule has 0 saturated heterocycles. The van der Waals surface area contributed by atoms with E-state index < -0.39 is 6.17 Å². The van der Waals surface area contributed by atoms with Crippen LogP contribution in [-0.2, 0) is 6.61 Å². The maximum atomic E-state index is 13.1. The summed E-state index contributed by atoms with van der Waals surface area (Å²) in [6.07, 6.45) is -0.806. The lowest BCUT2D eigenvalue weighted by Crippen LogP contribution is -2.41. The smallest absolute Gasteiger partial charge is 0.253 e. The van der Waals surface area contributed by atoms with Crippen molar-refractivity contribution >= 4 is 11.8 Å². The van der Waals surface area contributed by atoms with E-state index in [9.17, 15) is 9.59 Å². The first-order valence-electron chi connectivity index (χ1n) is 12.0. The average Bonchev–Trinajstić information content (AvgIpc) is 2.92. The summed E-state index contributed by atoms with van der Waals surface area (Å²) in [5.41, 5.74) is 4.77. The Morgan fingerprint density at radius 1 is 0.703 bits per heavy atom. The maximum Gasteiger partial charge on any atom is 0.253 e. The lowest BCUT2D eigenvalue weighted by molar-refractivity contribution is 0.0883. The summed E-state index contributed by atoms with van der Waals surface area (Å²) < 4.78 is 11.6. The molecule has 0 aromatic heterocycles. The van der Waals surface area contributed by atoms with E-state index >= 15 is 0 Å². The monoisotopic (exact) mass is 494 g/mol. The average molecular weight is 495 g/mol. The molecule has 6 heteroatoms. The summed E-state index contributed by atoms with van der Waals surface area (Å²) in [5, 5.41) is 5.88. The first-order chi connectivity index (χ1) is 17.9. The summed E-state index contributed by atoms with van der Waals surface area (Å²) in [6.45, 7) is 4.30. The van der Waals surface area contributed by atoms with Crippen molar-refractivity contribution in [1.29, 1.82) is 0 Å². The van der Waals surface area contributed by atoms with Gasteiger partial charge in [0.2, 0.25) is 0 Å². The molecular formula is C31H30N2O4. The van der Waals surface area contributed by atoms with Crippen LogP contribution in [0, 0.1) is 13.8 Å². The van der Waals surface area contributed by atoms with Gasteiger partial charge in [-0.05, 0) is 61.4 Å². The van der Waals surface area contributed by atoms with Crippen molar-refractivity contribution < 1.29 is 19.1 Å². The highest BCUT2D eigenvalue weighted by Gasteiger charge is 2.21. The fourth-order valence-electron chi connectivity index (χ4n) is 3.76. The predicted molar refractivity (Wildman–Crippen MR) is 144 cm³/mol. The second-order valence-corrected chi connectivity index (χ2v) is 8.80. The highest BCUT2D eigenvalue weighted by atomic mass is 16.5. The van der Waals surface area contributed by atoms with Crippen LogP contribution in [0.4, 0.5) is 0 Å². The number of benzene rings is 4. The summed E-state index contributed by atoms with van der Waals surface area (Å²) in [6, 6.07) is 29.7. The second kappa shape index (κ2) is 11.9. The number of hydrogen-bond donors (Lipinski definition) is 2. The number of methoxy groups -OCH3 is 1. The third kappa shape index (κ3) is 6.76. The quantitative estimate of drug-likeness (QED) is 0.291. The molecule has 0 saturated carbocycles. The third-order valence-corrected chi connectivity index (χ3v) is 5.94. The Hall–Kier alpha value is -4.58. The van der Waals surface area contributed by atoms with Crippen molar-refractivity contribution in [3.63, 3.8) is 0 Å². The van der Waals surface area contributed by atoms with Gasteiger partial charge in [-0.2, -0.15) is 0 Å². The van der Waals surface area contributed by atoms with E-state index in [1.165, 1.54) is 0 Å². The van der Waals surface area contributed by atoms with Crippen molar-refractivity contribution in [1.82, 2.24) is 10.6 Å². The molecule has 4 aromatic rings. The summed E-state index contributed by atoms with van der Waals surface area (Å²) in [7, 11) is 1.55. The zero-order valence-electron chi connectivity index (χ0n) is 21.2. The van der Waals surface area contributed by atoms with Gasteiger partial charge in [0.05, 0.1) is 7.11 Å². The lowest BCUT2D eigenvalue weighted by atomic mass is 10.1. The Balaban J connectivity index is 1.59. The molecule has 6 nitrogen and oxygen atoms in total. The summed E-state index contributed by atoms with van der Waals surface area (Å²) in [5.74, 6) is 0.436. The van der Waals surface area contributed by atoms with Crippen molar-refractivity contribution in [3.05, 3.63) is 130 Å². The van der Waals surface area contributed by atoms with E-state index in [2.05, 4.69) is 10.6 Å². The number of nitrogens with one attached hydrogen (secondary N) is 2. The Morgan fingerprint density at radius 3 is 1.76 bits per heavy atom. The van der Waals surface area contributed by atoms with Crippen LogP contribution in [-0.4, -0.2) is 18.9 Å². The van der Waals surface area contributed by atoms with Crippen LogP contribution >= 0.6 is 0 Å². The van der Waals surface area contributed by atoms with Crippen molar-refractivity contribution in [3.8, 4) is 11.5 Å². The molecule has 4 aromatic carbocycles. The van der Waals surface area contributed by atoms with E-state index in [0.717, 1.165) is 16.7 Å². The normalized spacial score (nSPS) is 10.6. The van der Waals surface area contributed by atoms with Crippen LogP contribution in [0.1, 0.15) is 49.1 Å². The molecule has 188 valence electrons. The minimum Gasteiger partial charge on any atom is -0.493 e. The molecule has 0 spiro atoms. The first kappa shape index (κ1) is 25.5. The molecule has 0 atom stereocenters. The SMILES string of the molecule is COc1cc(C(NC(=O)c2ccc(C)cc2)NC(=O)c2ccc(C)cc2)ccc1OCc1ccccc1. The van der Waals surface area contributed by atoms with E-state index in [0.29, 0.717) is 34.8 Å². The fraction of sp³-hybridized carbons (Fsp3) is 0.161. The highest BCUT2D eigenvalue weighted by molar-refractivity contribution is 5.97. The summed E-state index contributed by atoms with van der Waals surface area (Å²) >= 11 is 0. The predicted octanol–water partition coefficient (Wildman–Crippen LogP) is 5.75. The van der Waals surface area contributed by atoms with Crippen LogP contribution in [0.3, 0.4) is 0 Å². The fourth-order valence-corrected chi connectivity index (χ4v) is 3.76. The van der Waals surface area contributed by atoms with Gasteiger partial charge in [0.1, 0.15) is 12.8 Å². The number of aryl methyl sites for hydroxylation is 2. The molecule has 0 fully saturated rings. The van der Waals surface area contributed by atoms with Gasteiger partial charge in [-0.25, -0.2) is 0 Å². The van der Waals surface area contributed by atoms with Crippen molar-refractivity contribution in [2.24, 2.45) is 0 Å². The molecule has 4 rings (SSSR count). The molecule has 0 aliphatic rings. The van der Waals surface area contributed by atoms with Gasteiger partial charge in [-0.1, -0.05) is 71.8 Å². The number of hydrogen-bond acceptors (Lipinski definition) is 4. The topological polar surface area (TPSA) is 76.7 Å². The van der Waals surface area contributed by atoms with Crippen LogP contribution in [0.5, 0.6) is 11.5 Å². The zero-order chi connectivity index (χ0) is 26.2. The molecule has 0 aliphatic carbocycles. The molecular weight excluding hydrogens is 464 g/mol. The van der Waals surface area contributed by atoms with Gasteiger partial charge in [0.25, 0.3) is 11.8 Å². The second-order valence-electron chi connectivity index (χ2n) is 8.80. The van der Waals surface area contributed by atoms with Gasteiger partial charge in [0, 0.05) is 11.1 Å². The van der Waals surface area contributed by atoms with Gasteiger partial charge in [0.15, 0.2) is 11.5 Å². The Bertz CT molecular complexity index is 1290. The molecule has 0 aliphatic heterocycles. The minimum absolute atomic E-state index is 0.308. The van der Waals surface area contributed by atoms with Crippen LogP contribution in [0.25, 0.3) is 0 Å².